The molecule has 2 aliphatic rings. The highest BCUT2D eigenvalue weighted by molar-refractivity contribution is 6.11. The maximum Gasteiger partial charge on any atom is 0.248 e. The Morgan fingerprint density at radius 2 is 2.16 bits per heavy atom. The third kappa shape index (κ3) is 3.08. The predicted octanol–water partition coefficient (Wildman–Crippen LogP) is 2.29. The van der Waals surface area contributed by atoms with Gasteiger partial charge in [-0.3, -0.25) is 9.59 Å². The Bertz CT molecular complexity index is 524. The van der Waals surface area contributed by atoms with Crippen LogP contribution in [0, 0.1) is 5.92 Å². The number of carbonyl (C=O) groups is 2. The number of hydrogen-bond acceptors (Lipinski definition) is 2. The van der Waals surface area contributed by atoms with Crippen molar-refractivity contribution >= 4 is 17.5 Å². The molecule has 2 amide bonds. The number of nitrogens with one attached hydrogen (secondary N) is 1. The lowest BCUT2D eigenvalue weighted by Crippen LogP contribution is -2.33. The van der Waals surface area contributed by atoms with Gasteiger partial charge in [0.1, 0.15) is 0 Å². The van der Waals surface area contributed by atoms with Crippen LogP contribution in [-0.2, 0) is 9.59 Å². The van der Waals surface area contributed by atoms with E-state index >= 15 is 0 Å². The SMILES string of the molecule is CCCC(=O)N=C1C=CC2C(CC)=CC(=O)NC2=C1. The van der Waals surface area contributed by atoms with Gasteiger partial charge in [-0.1, -0.05) is 25.5 Å². The second-order valence-corrected chi connectivity index (χ2v) is 4.68. The third-order valence-electron chi connectivity index (χ3n) is 3.21. The fraction of sp³-hybridized carbons (Fsp3) is 0.400. The van der Waals surface area contributed by atoms with E-state index in [1.165, 1.54) is 0 Å². The summed E-state index contributed by atoms with van der Waals surface area (Å²) in [7, 11) is 0. The molecule has 1 aliphatic carbocycles. The number of allylic oxidation sites excluding steroid dienone is 3. The number of amides is 2. The van der Waals surface area contributed by atoms with E-state index in [4.69, 9.17) is 0 Å². The van der Waals surface area contributed by atoms with E-state index in [2.05, 4.69) is 10.3 Å². The predicted molar refractivity (Wildman–Crippen MR) is 74.6 cm³/mol. The Balaban J connectivity index is 2.24. The minimum atomic E-state index is -0.120. The molecule has 4 heteroatoms. The van der Waals surface area contributed by atoms with Crippen LogP contribution in [0.5, 0.6) is 0 Å². The van der Waals surface area contributed by atoms with Crippen LogP contribution >= 0.6 is 0 Å². The average Bonchev–Trinajstić information content (AvgIpc) is 2.37. The molecule has 1 aliphatic heterocycles. The van der Waals surface area contributed by atoms with Crippen LogP contribution in [0.1, 0.15) is 33.1 Å². The molecular weight excluding hydrogens is 240 g/mol. The Morgan fingerprint density at radius 1 is 1.37 bits per heavy atom. The molecule has 0 bridgehead atoms. The summed E-state index contributed by atoms with van der Waals surface area (Å²) in [5, 5.41) is 2.82. The topological polar surface area (TPSA) is 58.5 Å². The van der Waals surface area contributed by atoms with Crippen molar-refractivity contribution in [1.29, 1.82) is 0 Å². The maximum absolute atomic E-state index is 11.6. The van der Waals surface area contributed by atoms with Crippen LogP contribution in [0.4, 0.5) is 0 Å². The summed E-state index contributed by atoms with van der Waals surface area (Å²) in [6.07, 6.45) is 9.36. The highest BCUT2D eigenvalue weighted by Gasteiger charge is 2.25. The number of rotatable bonds is 3. The fourth-order valence-electron chi connectivity index (χ4n) is 2.27. The van der Waals surface area contributed by atoms with Crippen LogP contribution in [-0.4, -0.2) is 17.5 Å². The Labute approximate surface area is 113 Å². The van der Waals surface area contributed by atoms with Gasteiger partial charge in [0, 0.05) is 24.1 Å². The summed E-state index contributed by atoms with van der Waals surface area (Å²) in [6, 6.07) is 0. The summed E-state index contributed by atoms with van der Waals surface area (Å²) >= 11 is 0. The van der Waals surface area contributed by atoms with Gasteiger partial charge in [-0.15, -0.1) is 0 Å². The zero-order valence-corrected chi connectivity index (χ0v) is 11.3. The minimum absolute atomic E-state index is 0.103. The molecule has 100 valence electrons. The van der Waals surface area contributed by atoms with Crippen molar-refractivity contribution in [2.45, 2.75) is 33.1 Å². The largest absolute Gasteiger partial charge is 0.325 e. The van der Waals surface area contributed by atoms with Gasteiger partial charge in [-0.2, -0.15) is 0 Å². The van der Waals surface area contributed by atoms with E-state index in [1.54, 1.807) is 12.2 Å². The summed E-state index contributed by atoms with van der Waals surface area (Å²) in [6.45, 7) is 3.98. The van der Waals surface area contributed by atoms with Crippen molar-refractivity contribution in [3.8, 4) is 0 Å². The number of fused-ring (bicyclic) bond motifs is 1. The van der Waals surface area contributed by atoms with Gasteiger partial charge < -0.3 is 5.32 Å². The molecule has 2 rings (SSSR count). The molecule has 1 atom stereocenters. The second-order valence-electron chi connectivity index (χ2n) is 4.68. The molecule has 0 aromatic rings. The van der Waals surface area contributed by atoms with Gasteiger partial charge in [-0.05, 0) is 25.0 Å². The Kier molecular flexibility index (Phi) is 4.10. The molecule has 0 saturated carbocycles. The standard InChI is InChI=1S/C15H18N2O2/c1-3-5-14(18)16-11-6-7-12-10(4-2)8-15(19)17-13(12)9-11/h6-9,12H,3-5H2,1-2H3,(H,17,19). The van der Waals surface area contributed by atoms with E-state index in [9.17, 15) is 9.59 Å². The number of aliphatic imine (C=N–C) groups is 1. The van der Waals surface area contributed by atoms with E-state index in [0.29, 0.717) is 12.1 Å². The van der Waals surface area contributed by atoms with Crippen molar-refractivity contribution in [3.63, 3.8) is 0 Å². The van der Waals surface area contributed by atoms with E-state index in [-0.39, 0.29) is 17.7 Å². The highest BCUT2D eigenvalue weighted by atomic mass is 16.2. The van der Waals surface area contributed by atoms with Crippen molar-refractivity contribution < 1.29 is 9.59 Å². The fourth-order valence-corrected chi connectivity index (χ4v) is 2.27. The molecule has 0 spiro atoms. The first-order chi connectivity index (χ1) is 9.13. The molecule has 0 aromatic heterocycles. The van der Waals surface area contributed by atoms with E-state index in [1.807, 2.05) is 26.0 Å². The van der Waals surface area contributed by atoms with Crippen molar-refractivity contribution in [2.24, 2.45) is 10.9 Å². The van der Waals surface area contributed by atoms with Crippen LogP contribution in [0.25, 0.3) is 0 Å². The zero-order chi connectivity index (χ0) is 13.8. The smallest absolute Gasteiger partial charge is 0.248 e. The van der Waals surface area contributed by atoms with Gasteiger partial charge >= 0.3 is 0 Å². The molecular formula is C15H18N2O2. The van der Waals surface area contributed by atoms with Crippen molar-refractivity contribution in [1.82, 2.24) is 5.32 Å². The molecule has 0 saturated heterocycles. The first kappa shape index (κ1) is 13.5. The van der Waals surface area contributed by atoms with Gasteiger partial charge in [0.25, 0.3) is 0 Å². The summed E-state index contributed by atoms with van der Waals surface area (Å²) in [5.41, 5.74) is 2.52. The molecule has 19 heavy (non-hydrogen) atoms. The van der Waals surface area contributed by atoms with Gasteiger partial charge in [0.05, 0.1) is 5.71 Å². The van der Waals surface area contributed by atoms with E-state index in [0.717, 1.165) is 24.1 Å². The first-order valence-electron chi connectivity index (χ1n) is 6.66. The number of hydrogen-bond donors (Lipinski definition) is 1. The Hall–Kier alpha value is -1.97. The minimum Gasteiger partial charge on any atom is -0.325 e. The van der Waals surface area contributed by atoms with Crippen LogP contribution in [0.15, 0.2) is 40.6 Å². The Morgan fingerprint density at radius 3 is 2.84 bits per heavy atom. The van der Waals surface area contributed by atoms with Gasteiger partial charge in [0.15, 0.2) is 0 Å². The molecule has 4 nitrogen and oxygen atoms in total. The normalized spacial score (nSPS) is 23.6. The highest BCUT2D eigenvalue weighted by Crippen LogP contribution is 2.28. The van der Waals surface area contributed by atoms with Crippen LogP contribution in [0.3, 0.4) is 0 Å². The molecule has 1 heterocycles. The summed E-state index contributed by atoms with van der Waals surface area (Å²) < 4.78 is 0. The molecule has 0 fully saturated rings. The molecule has 0 radical (unpaired) electrons. The van der Waals surface area contributed by atoms with E-state index < -0.39 is 0 Å². The molecule has 0 aromatic carbocycles. The van der Waals surface area contributed by atoms with Crippen LogP contribution in [0.2, 0.25) is 0 Å². The van der Waals surface area contributed by atoms with Gasteiger partial charge in [-0.25, -0.2) is 4.99 Å². The lowest BCUT2D eigenvalue weighted by atomic mass is 9.86. The summed E-state index contributed by atoms with van der Waals surface area (Å²) in [5.74, 6) is -0.109. The number of carbonyl (C=O) groups excluding carboxylic acids is 2. The zero-order valence-electron chi connectivity index (χ0n) is 11.3. The number of nitrogens with zero attached hydrogens (tertiary/aromatic N) is 1. The van der Waals surface area contributed by atoms with Crippen molar-refractivity contribution in [3.05, 3.63) is 35.6 Å². The molecule has 1 unspecified atom stereocenters. The van der Waals surface area contributed by atoms with Gasteiger partial charge in [0.2, 0.25) is 11.8 Å². The van der Waals surface area contributed by atoms with Crippen LogP contribution < -0.4 is 5.32 Å². The maximum atomic E-state index is 11.6. The quantitative estimate of drug-likeness (QED) is 0.844. The lowest BCUT2D eigenvalue weighted by Gasteiger charge is -2.26. The molecule has 1 N–H and O–H groups in total. The average molecular weight is 258 g/mol. The lowest BCUT2D eigenvalue weighted by molar-refractivity contribution is -0.118. The third-order valence-corrected chi connectivity index (χ3v) is 3.21. The first-order valence-corrected chi connectivity index (χ1v) is 6.66. The summed E-state index contributed by atoms with van der Waals surface area (Å²) in [4.78, 5) is 27.1. The second kappa shape index (κ2) is 5.78. The van der Waals surface area contributed by atoms with Crippen molar-refractivity contribution in [2.75, 3.05) is 0 Å². The monoisotopic (exact) mass is 258 g/mol.